The molecule has 122 valence electrons. The standard InChI is InChI=1S/C19H36N2/c1-19(2,3)17-6-4-5-7-18(17)21(16-8-9-16)14-15-10-12-20-13-11-15/h15-18,20H,4-14H2,1-3H3. The minimum atomic E-state index is 0.479. The van der Waals surface area contributed by atoms with Crippen LogP contribution in [0.4, 0.5) is 0 Å². The van der Waals surface area contributed by atoms with Gasteiger partial charge in [-0.05, 0) is 68.9 Å². The van der Waals surface area contributed by atoms with Crippen molar-refractivity contribution in [2.45, 2.75) is 84.2 Å². The monoisotopic (exact) mass is 292 g/mol. The molecule has 1 heterocycles. The number of nitrogens with zero attached hydrogens (tertiary/aromatic N) is 1. The van der Waals surface area contributed by atoms with Crippen LogP contribution in [0.2, 0.25) is 0 Å². The van der Waals surface area contributed by atoms with Gasteiger partial charge in [0.2, 0.25) is 0 Å². The van der Waals surface area contributed by atoms with Crippen molar-refractivity contribution in [2.75, 3.05) is 19.6 Å². The van der Waals surface area contributed by atoms with E-state index in [2.05, 4.69) is 31.0 Å². The molecule has 3 aliphatic rings. The van der Waals surface area contributed by atoms with Crippen LogP contribution in [-0.4, -0.2) is 36.6 Å². The first kappa shape index (κ1) is 15.8. The summed E-state index contributed by atoms with van der Waals surface area (Å²) in [6, 6.07) is 1.81. The van der Waals surface area contributed by atoms with Crippen molar-refractivity contribution in [2.24, 2.45) is 17.3 Å². The Hall–Kier alpha value is -0.0800. The fourth-order valence-corrected chi connectivity index (χ4v) is 4.84. The third kappa shape index (κ3) is 4.01. The predicted octanol–water partition coefficient (Wildman–Crippen LogP) is 4.06. The maximum atomic E-state index is 3.53. The minimum absolute atomic E-state index is 0.479. The Morgan fingerprint density at radius 1 is 0.905 bits per heavy atom. The highest BCUT2D eigenvalue weighted by atomic mass is 15.2. The van der Waals surface area contributed by atoms with Crippen LogP contribution in [-0.2, 0) is 0 Å². The smallest absolute Gasteiger partial charge is 0.0132 e. The Labute approximate surface area is 132 Å². The topological polar surface area (TPSA) is 15.3 Å². The van der Waals surface area contributed by atoms with Crippen LogP contribution in [0.15, 0.2) is 0 Å². The van der Waals surface area contributed by atoms with E-state index in [9.17, 15) is 0 Å². The molecule has 0 amide bonds. The summed E-state index contributed by atoms with van der Waals surface area (Å²) in [5.41, 5.74) is 0.479. The van der Waals surface area contributed by atoms with E-state index in [1.54, 1.807) is 0 Å². The third-order valence-corrected chi connectivity index (χ3v) is 6.21. The second-order valence-electron chi connectivity index (χ2n) is 8.95. The Balaban J connectivity index is 1.69. The van der Waals surface area contributed by atoms with Gasteiger partial charge in [0, 0.05) is 18.6 Å². The fourth-order valence-electron chi connectivity index (χ4n) is 4.84. The van der Waals surface area contributed by atoms with Crippen LogP contribution in [0, 0.1) is 17.3 Å². The van der Waals surface area contributed by atoms with Crippen LogP contribution in [0.5, 0.6) is 0 Å². The van der Waals surface area contributed by atoms with Crippen LogP contribution < -0.4 is 5.32 Å². The van der Waals surface area contributed by atoms with Gasteiger partial charge >= 0.3 is 0 Å². The SMILES string of the molecule is CC(C)(C)C1CCCCC1N(CC1CCNCC1)C1CC1. The highest BCUT2D eigenvalue weighted by Gasteiger charge is 2.42. The molecule has 0 aromatic heterocycles. The van der Waals surface area contributed by atoms with Gasteiger partial charge in [-0.1, -0.05) is 33.6 Å². The lowest BCUT2D eigenvalue weighted by Gasteiger charge is -2.47. The first-order valence-corrected chi connectivity index (χ1v) is 9.52. The number of rotatable bonds is 4. The van der Waals surface area contributed by atoms with Gasteiger partial charge in [-0.15, -0.1) is 0 Å². The molecule has 2 unspecified atom stereocenters. The van der Waals surface area contributed by atoms with E-state index in [1.807, 2.05) is 0 Å². The first-order valence-electron chi connectivity index (χ1n) is 9.52. The van der Waals surface area contributed by atoms with Crippen LogP contribution in [0.3, 0.4) is 0 Å². The number of hydrogen-bond donors (Lipinski definition) is 1. The van der Waals surface area contributed by atoms with Gasteiger partial charge in [0.25, 0.3) is 0 Å². The van der Waals surface area contributed by atoms with Gasteiger partial charge < -0.3 is 5.32 Å². The summed E-state index contributed by atoms with van der Waals surface area (Å²) in [6.07, 6.45) is 11.6. The van der Waals surface area contributed by atoms with Crippen molar-refractivity contribution in [1.29, 1.82) is 0 Å². The minimum Gasteiger partial charge on any atom is -0.317 e. The van der Waals surface area contributed by atoms with E-state index in [4.69, 9.17) is 0 Å². The molecule has 0 radical (unpaired) electrons. The summed E-state index contributed by atoms with van der Waals surface area (Å²) in [5.74, 6) is 1.86. The summed E-state index contributed by atoms with van der Waals surface area (Å²) >= 11 is 0. The van der Waals surface area contributed by atoms with Gasteiger partial charge in [0.15, 0.2) is 0 Å². The molecule has 0 bridgehead atoms. The van der Waals surface area contributed by atoms with E-state index in [1.165, 1.54) is 71.0 Å². The van der Waals surface area contributed by atoms with Crippen LogP contribution in [0.1, 0.15) is 72.1 Å². The Kier molecular flexibility index (Phi) is 4.95. The van der Waals surface area contributed by atoms with Gasteiger partial charge in [0.05, 0.1) is 0 Å². The molecular formula is C19H36N2. The largest absolute Gasteiger partial charge is 0.317 e. The van der Waals surface area contributed by atoms with Crippen molar-refractivity contribution in [3.8, 4) is 0 Å². The summed E-state index contributed by atoms with van der Waals surface area (Å²) < 4.78 is 0. The van der Waals surface area contributed by atoms with E-state index in [-0.39, 0.29) is 0 Å². The summed E-state index contributed by atoms with van der Waals surface area (Å²) in [6.45, 7) is 11.3. The summed E-state index contributed by atoms with van der Waals surface area (Å²) in [7, 11) is 0. The molecule has 1 N–H and O–H groups in total. The molecule has 2 heteroatoms. The van der Waals surface area contributed by atoms with Crippen molar-refractivity contribution >= 4 is 0 Å². The summed E-state index contributed by atoms with van der Waals surface area (Å²) in [4.78, 5) is 2.99. The molecule has 0 aromatic rings. The van der Waals surface area contributed by atoms with E-state index in [0.717, 1.165) is 23.9 Å². The first-order chi connectivity index (χ1) is 10.1. The number of piperidine rings is 1. The Morgan fingerprint density at radius 3 is 2.19 bits per heavy atom. The highest BCUT2D eigenvalue weighted by molar-refractivity contribution is 4.96. The van der Waals surface area contributed by atoms with E-state index >= 15 is 0 Å². The molecule has 1 aliphatic heterocycles. The van der Waals surface area contributed by atoms with Gasteiger partial charge in [-0.2, -0.15) is 0 Å². The molecule has 2 atom stereocenters. The molecule has 21 heavy (non-hydrogen) atoms. The van der Waals surface area contributed by atoms with Crippen molar-refractivity contribution < 1.29 is 0 Å². The molecule has 0 aromatic carbocycles. The summed E-state index contributed by atoms with van der Waals surface area (Å²) in [5, 5.41) is 3.53. The third-order valence-electron chi connectivity index (χ3n) is 6.21. The van der Waals surface area contributed by atoms with E-state index in [0.29, 0.717) is 5.41 Å². The average molecular weight is 293 g/mol. The van der Waals surface area contributed by atoms with E-state index < -0.39 is 0 Å². The predicted molar refractivity (Wildman–Crippen MR) is 90.5 cm³/mol. The van der Waals surface area contributed by atoms with Crippen molar-refractivity contribution in [3.63, 3.8) is 0 Å². The molecule has 2 saturated carbocycles. The molecular weight excluding hydrogens is 256 g/mol. The lowest BCUT2D eigenvalue weighted by Crippen LogP contribution is -2.50. The lowest BCUT2D eigenvalue weighted by molar-refractivity contribution is 0.0238. The Bertz CT molecular complexity index is 323. The van der Waals surface area contributed by atoms with Gasteiger partial charge in [-0.3, -0.25) is 4.90 Å². The zero-order valence-electron chi connectivity index (χ0n) is 14.5. The van der Waals surface area contributed by atoms with Crippen LogP contribution >= 0.6 is 0 Å². The number of nitrogens with one attached hydrogen (secondary N) is 1. The van der Waals surface area contributed by atoms with Gasteiger partial charge in [-0.25, -0.2) is 0 Å². The lowest BCUT2D eigenvalue weighted by atomic mass is 9.69. The zero-order valence-corrected chi connectivity index (χ0v) is 14.5. The normalized spacial score (nSPS) is 32.6. The maximum absolute atomic E-state index is 3.53. The molecule has 3 rings (SSSR count). The van der Waals surface area contributed by atoms with Crippen molar-refractivity contribution in [1.82, 2.24) is 10.2 Å². The quantitative estimate of drug-likeness (QED) is 0.841. The molecule has 1 saturated heterocycles. The second-order valence-corrected chi connectivity index (χ2v) is 8.95. The molecule has 0 spiro atoms. The van der Waals surface area contributed by atoms with Gasteiger partial charge in [0.1, 0.15) is 0 Å². The Morgan fingerprint density at radius 2 is 1.57 bits per heavy atom. The molecule has 2 aliphatic carbocycles. The highest BCUT2D eigenvalue weighted by Crippen LogP contribution is 2.44. The zero-order chi connectivity index (χ0) is 14.9. The fraction of sp³-hybridized carbons (Fsp3) is 1.00. The van der Waals surface area contributed by atoms with Crippen LogP contribution in [0.25, 0.3) is 0 Å². The average Bonchev–Trinajstić information content (AvgIpc) is 3.30. The van der Waals surface area contributed by atoms with Crippen molar-refractivity contribution in [3.05, 3.63) is 0 Å². The second kappa shape index (κ2) is 6.58. The molecule has 3 fully saturated rings. The number of hydrogen-bond acceptors (Lipinski definition) is 2. The maximum Gasteiger partial charge on any atom is 0.0132 e. The molecule has 2 nitrogen and oxygen atoms in total.